The first kappa shape index (κ1) is 21.7. The van der Waals surface area contributed by atoms with Crippen molar-refractivity contribution in [3.63, 3.8) is 0 Å². The van der Waals surface area contributed by atoms with Gasteiger partial charge in [-0.05, 0) is 29.8 Å². The monoisotopic (exact) mass is 485 g/mol. The lowest BCUT2D eigenvalue weighted by Crippen LogP contribution is -2.32. The Hall–Kier alpha value is -5.14. The summed E-state index contributed by atoms with van der Waals surface area (Å²) in [6.45, 7) is 0. The van der Waals surface area contributed by atoms with Gasteiger partial charge in [0.05, 0.1) is 11.3 Å². The Morgan fingerprint density at radius 3 is 2.54 bits per heavy atom. The van der Waals surface area contributed by atoms with Crippen LogP contribution in [0.3, 0.4) is 0 Å². The molecule has 0 spiro atoms. The van der Waals surface area contributed by atoms with Gasteiger partial charge in [0.1, 0.15) is 40.0 Å². The average Bonchev–Trinajstić information content (AvgIpc) is 3.09. The summed E-state index contributed by atoms with van der Waals surface area (Å²) in [7, 11) is -3.81. The molecule has 13 heteroatoms. The predicted molar refractivity (Wildman–Crippen MR) is 127 cm³/mol. The third-order valence-electron chi connectivity index (χ3n) is 5.37. The fraction of sp³-hybridized carbons (Fsp3) is 0.0455. The lowest BCUT2D eigenvalue weighted by Gasteiger charge is -2.26. The second kappa shape index (κ2) is 8.02. The van der Waals surface area contributed by atoms with E-state index in [0.717, 1.165) is 0 Å². The van der Waals surface area contributed by atoms with Gasteiger partial charge in [-0.15, -0.1) is 4.40 Å². The molecule has 1 aromatic heterocycles. The van der Waals surface area contributed by atoms with Crippen LogP contribution in [-0.4, -0.2) is 25.3 Å². The van der Waals surface area contributed by atoms with E-state index in [4.69, 9.17) is 21.5 Å². The molecule has 0 bridgehead atoms. The van der Waals surface area contributed by atoms with E-state index in [-0.39, 0.29) is 39.6 Å². The predicted octanol–water partition coefficient (Wildman–Crippen LogP) is 1.59. The number of ether oxygens (including phenoxy) is 1. The van der Waals surface area contributed by atoms with Crippen molar-refractivity contribution in [3.8, 4) is 18.0 Å². The van der Waals surface area contributed by atoms with Crippen LogP contribution in [0.15, 0.2) is 62.8 Å². The summed E-state index contributed by atoms with van der Waals surface area (Å²) >= 11 is 0. The van der Waals surface area contributed by atoms with Crippen molar-refractivity contribution in [1.82, 2.24) is 10.3 Å². The van der Waals surface area contributed by atoms with Gasteiger partial charge < -0.3 is 21.5 Å². The number of nitrogens with two attached hydrogens (primary N) is 2. The quantitative estimate of drug-likeness (QED) is 0.304. The second-order valence-corrected chi connectivity index (χ2v) is 9.01. The number of nitrogen functional groups attached to an aromatic ring is 2. The molecule has 6 N–H and O–H groups in total. The van der Waals surface area contributed by atoms with E-state index in [2.05, 4.69) is 25.0 Å². The minimum atomic E-state index is -3.81. The van der Waals surface area contributed by atoms with Gasteiger partial charge in [-0.2, -0.15) is 18.9 Å². The molecule has 0 amide bonds. The Kier molecular flexibility index (Phi) is 4.97. The Morgan fingerprint density at radius 2 is 1.83 bits per heavy atom. The number of hydrogen-bond donors (Lipinski definition) is 4. The number of guanidine groups is 1. The first-order valence-corrected chi connectivity index (χ1v) is 11.5. The highest BCUT2D eigenvalue weighted by Gasteiger charge is 2.31. The van der Waals surface area contributed by atoms with Crippen LogP contribution in [0.1, 0.15) is 28.3 Å². The number of nitriles is 2. The zero-order chi connectivity index (χ0) is 24.7. The van der Waals surface area contributed by atoms with Gasteiger partial charge in [-0.1, -0.05) is 24.3 Å². The largest absolute Gasteiger partial charge is 0.438 e. The average molecular weight is 485 g/mol. The van der Waals surface area contributed by atoms with Gasteiger partial charge in [0.2, 0.25) is 11.9 Å². The summed E-state index contributed by atoms with van der Waals surface area (Å²) in [6.07, 6.45) is 1.79. The summed E-state index contributed by atoms with van der Waals surface area (Å²) in [4.78, 5) is 8.78. The highest BCUT2D eigenvalue weighted by molar-refractivity contribution is 7.90. The fourth-order valence-corrected chi connectivity index (χ4v) is 4.94. The summed E-state index contributed by atoms with van der Waals surface area (Å²) in [5.41, 5.74) is 13.7. The second-order valence-electron chi connectivity index (χ2n) is 7.44. The summed E-state index contributed by atoms with van der Waals surface area (Å²) in [6, 6.07) is 14.2. The topological polar surface area (TPSA) is 205 Å². The molecule has 3 heterocycles. The van der Waals surface area contributed by atoms with Crippen LogP contribution in [0.4, 0.5) is 17.3 Å². The van der Waals surface area contributed by atoms with Gasteiger partial charge in [-0.3, -0.25) is 5.32 Å². The van der Waals surface area contributed by atoms with E-state index in [1.807, 2.05) is 6.07 Å². The van der Waals surface area contributed by atoms with Crippen molar-refractivity contribution in [2.75, 3.05) is 16.8 Å². The maximum Gasteiger partial charge on any atom is 0.286 e. The van der Waals surface area contributed by atoms with E-state index in [1.54, 1.807) is 48.7 Å². The molecule has 172 valence electrons. The van der Waals surface area contributed by atoms with Gasteiger partial charge in [0.25, 0.3) is 10.0 Å². The van der Waals surface area contributed by atoms with Gasteiger partial charge in [0, 0.05) is 5.56 Å². The summed E-state index contributed by atoms with van der Waals surface area (Å²) in [5.74, 6) is 0.655. The van der Waals surface area contributed by atoms with E-state index in [1.165, 1.54) is 6.07 Å². The number of anilines is 3. The maximum atomic E-state index is 12.3. The van der Waals surface area contributed by atoms with Crippen LogP contribution in [0, 0.1) is 22.8 Å². The molecule has 0 saturated heterocycles. The smallest absolute Gasteiger partial charge is 0.286 e. The zero-order valence-electron chi connectivity index (χ0n) is 17.7. The number of nitrogens with zero attached hydrogens (tertiary/aromatic N) is 5. The van der Waals surface area contributed by atoms with Crippen LogP contribution < -0.4 is 26.8 Å². The van der Waals surface area contributed by atoms with Crippen molar-refractivity contribution >= 4 is 39.2 Å². The summed E-state index contributed by atoms with van der Waals surface area (Å²) < 4.78 is 34.0. The van der Waals surface area contributed by atoms with E-state index in [0.29, 0.717) is 22.4 Å². The standard InChI is InChI=1S/C22H15N9O3S/c23-9-14-17(25)16-18(28-22(27-10-24)30-20(16)29-19(14)26)11-5-7-12(8-6-11)34-21-13-3-1-2-4-15(13)35(32,33)31-21/h1-8,18H,(H6,25,26,27,28,29,30). The fourth-order valence-electron chi connectivity index (χ4n) is 3.80. The zero-order valence-corrected chi connectivity index (χ0v) is 18.5. The molecule has 35 heavy (non-hydrogen) atoms. The Balaban J connectivity index is 1.51. The molecule has 2 aromatic carbocycles. The lowest BCUT2D eigenvalue weighted by atomic mass is 9.95. The van der Waals surface area contributed by atoms with E-state index < -0.39 is 16.1 Å². The first-order chi connectivity index (χ1) is 16.8. The van der Waals surface area contributed by atoms with Gasteiger partial charge >= 0.3 is 0 Å². The van der Waals surface area contributed by atoms with Crippen LogP contribution >= 0.6 is 0 Å². The molecule has 1 unspecified atom stereocenters. The first-order valence-electron chi connectivity index (χ1n) is 10.0. The van der Waals surface area contributed by atoms with Crippen LogP contribution in [0.5, 0.6) is 5.75 Å². The van der Waals surface area contributed by atoms with Gasteiger partial charge in [-0.25, -0.2) is 9.98 Å². The highest BCUT2D eigenvalue weighted by Crippen LogP contribution is 2.40. The number of sulfonamides is 1. The highest BCUT2D eigenvalue weighted by atomic mass is 32.2. The van der Waals surface area contributed by atoms with Crippen LogP contribution in [-0.2, 0) is 10.0 Å². The Labute approximate surface area is 199 Å². The van der Waals surface area contributed by atoms with Crippen molar-refractivity contribution in [2.24, 2.45) is 9.39 Å². The van der Waals surface area contributed by atoms with Crippen LogP contribution in [0.2, 0.25) is 0 Å². The summed E-state index contributed by atoms with van der Waals surface area (Å²) in [5, 5.41) is 23.7. The Morgan fingerprint density at radius 1 is 1.09 bits per heavy atom. The molecule has 0 aliphatic carbocycles. The molecule has 3 aromatic rings. The number of nitrogens with one attached hydrogen (secondary N) is 2. The molecule has 2 aliphatic heterocycles. The minimum absolute atomic E-state index is 0.0262. The molecule has 5 rings (SSSR count). The SMILES string of the molecule is N#CNC1=NC(c2ccc(OC3=NS(=O)(=O)c4ccccc43)cc2)c2c(nc(N)c(C#N)c2N)N1. The molecule has 12 nitrogen and oxygen atoms in total. The normalized spacial score (nSPS) is 16.9. The number of fused-ring (bicyclic) bond motifs is 2. The molecular formula is C22H15N9O3S. The molecule has 0 radical (unpaired) electrons. The molecule has 2 aliphatic rings. The van der Waals surface area contributed by atoms with Crippen molar-refractivity contribution in [1.29, 1.82) is 10.5 Å². The van der Waals surface area contributed by atoms with Crippen molar-refractivity contribution < 1.29 is 13.2 Å². The number of benzene rings is 2. The van der Waals surface area contributed by atoms with Crippen molar-refractivity contribution in [3.05, 3.63) is 70.8 Å². The number of hydrogen-bond acceptors (Lipinski definition) is 11. The molecule has 0 saturated carbocycles. The third kappa shape index (κ3) is 3.62. The lowest BCUT2D eigenvalue weighted by molar-refractivity contribution is 0.553. The molecule has 0 fully saturated rings. The van der Waals surface area contributed by atoms with E-state index in [9.17, 15) is 13.7 Å². The van der Waals surface area contributed by atoms with Crippen molar-refractivity contribution in [2.45, 2.75) is 10.9 Å². The Bertz CT molecular complexity index is 1630. The van der Waals surface area contributed by atoms with Crippen LogP contribution in [0.25, 0.3) is 0 Å². The minimum Gasteiger partial charge on any atom is -0.438 e. The number of aliphatic imine (C=N–C) groups is 1. The number of rotatable bonds is 2. The molecule has 1 atom stereocenters. The maximum absolute atomic E-state index is 12.3. The molecular weight excluding hydrogens is 470 g/mol. The number of aromatic nitrogens is 1. The third-order valence-corrected chi connectivity index (χ3v) is 6.68. The number of pyridine rings is 1. The van der Waals surface area contributed by atoms with Gasteiger partial charge in [0.15, 0.2) is 6.19 Å². The van der Waals surface area contributed by atoms with E-state index >= 15 is 0 Å².